The predicted octanol–water partition coefficient (Wildman–Crippen LogP) is 3.16. The Bertz CT molecular complexity index is 796. The van der Waals surface area contributed by atoms with Crippen molar-refractivity contribution >= 4 is 29.6 Å². The van der Waals surface area contributed by atoms with E-state index in [0.29, 0.717) is 0 Å². The Labute approximate surface area is 148 Å². The number of phenols is 1. The van der Waals surface area contributed by atoms with Gasteiger partial charge in [-0.1, -0.05) is 0 Å². The van der Waals surface area contributed by atoms with Crippen molar-refractivity contribution in [3.8, 4) is 5.75 Å². The van der Waals surface area contributed by atoms with Crippen molar-refractivity contribution in [1.29, 1.82) is 0 Å². The number of carbonyl (C=O) groups is 1. The Morgan fingerprint density at radius 3 is 2.44 bits per heavy atom. The number of hydrazone groups is 1. The fourth-order valence-corrected chi connectivity index (χ4v) is 2.78. The lowest BCUT2D eigenvalue weighted by molar-refractivity contribution is -0.384. The fraction of sp³-hybridized carbons (Fsp3) is 0.176. The molecule has 25 heavy (non-hydrogen) atoms. The molecule has 2 N–H and O–H groups in total. The molecule has 7 nitrogen and oxygen atoms in total. The Morgan fingerprint density at radius 2 is 1.88 bits per heavy atom. The Morgan fingerprint density at radius 1 is 1.28 bits per heavy atom. The van der Waals surface area contributed by atoms with Crippen LogP contribution >= 0.6 is 11.8 Å². The van der Waals surface area contributed by atoms with Crippen LogP contribution in [0.15, 0.2) is 46.4 Å². The molecule has 0 heterocycles. The zero-order valence-electron chi connectivity index (χ0n) is 13.7. The highest BCUT2D eigenvalue weighted by molar-refractivity contribution is 8.00. The van der Waals surface area contributed by atoms with Crippen molar-refractivity contribution in [2.75, 3.05) is 5.75 Å². The monoisotopic (exact) mass is 359 g/mol. The summed E-state index contributed by atoms with van der Waals surface area (Å²) in [5, 5.41) is 24.2. The van der Waals surface area contributed by atoms with E-state index in [1.165, 1.54) is 30.1 Å². The number of aryl methyl sites for hydroxylation is 2. The fourth-order valence-electron chi connectivity index (χ4n) is 2.09. The number of nitro groups is 1. The van der Waals surface area contributed by atoms with Gasteiger partial charge < -0.3 is 5.11 Å². The lowest BCUT2D eigenvalue weighted by atomic mass is 10.1. The Balaban J connectivity index is 1.85. The standard InChI is InChI=1S/C17H17N3O4S/c1-11-7-13(8-12(2)17(11)22)9-18-19-16(21)10-25-15-5-3-14(4-6-15)20(23)24/h3-9,22H,10H2,1-2H3,(H,19,21). The van der Waals surface area contributed by atoms with Crippen molar-refractivity contribution in [2.24, 2.45) is 5.10 Å². The smallest absolute Gasteiger partial charge is 0.269 e. The maximum absolute atomic E-state index is 11.8. The van der Waals surface area contributed by atoms with Gasteiger partial charge in [-0.3, -0.25) is 14.9 Å². The highest BCUT2D eigenvalue weighted by atomic mass is 32.2. The molecule has 8 heteroatoms. The molecule has 0 aliphatic rings. The van der Waals surface area contributed by atoms with Gasteiger partial charge in [-0.2, -0.15) is 5.10 Å². The SMILES string of the molecule is Cc1cc(C=NNC(=O)CSc2ccc([N+](=O)[O-])cc2)cc(C)c1O. The van der Waals surface area contributed by atoms with Crippen LogP contribution in [0, 0.1) is 24.0 Å². The number of nitrogens with zero attached hydrogens (tertiary/aromatic N) is 2. The van der Waals surface area contributed by atoms with Crippen molar-refractivity contribution in [3.05, 3.63) is 63.2 Å². The lowest BCUT2D eigenvalue weighted by Crippen LogP contribution is -2.19. The number of nitro benzene ring substituents is 1. The van der Waals surface area contributed by atoms with Crippen LogP contribution in [0.3, 0.4) is 0 Å². The third kappa shape index (κ3) is 5.32. The van der Waals surface area contributed by atoms with E-state index >= 15 is 0 Å². The topological polar surface area (TPSA) is 105 Å². The van der Waals surface area contributed by atoms with Gasteiger partial charge >= 0.3 is 0 Å². The summed E-state index contributed by atoms with van der Waals surface area (Å²) in [5.74, 6) is 0.107. The minimum absolute atomic E-state index is 0.0119. The van der Waals surface area contributed by atoms with E-state index in [9.17, 15) is 20.0 Å². The highest BCUT2D eigenvalue weighted by Crippen LogP contribution is 2.22. The molecule has 0 atom stereocenters. The zero-order chi connectivity index (χ0) is 18.4. The second kappa shape index (κ2) is 8.29. The summed E-state index contributed by atoms with van der Waals surface area (Å²) in [6.45, 7) is 3.58. The number of amides is 1. The molecule has 2 rings (SSSR count). The molecule has 0 bridgehead atoms. The van der Waals surface area contributed by atoms with E-state index in [1.807, 2.05) is 0 Å². The average molecular weight is 359 g/mol. The van der Waals surface area contributed by atoms with Crippen molar-refractivity contribution in [2.45, 2.75) is 18.7 Å². The van der Waals surface area contributed by atoms with Gasteiger partial charge in [0.2, 0.25) is 5.91 Å². The van der Waals surface area contributed by atoms with Crippen LogP contribution in [-0.2, 0) is 4.79 Å². The molecule has 0 saturated heterocycles. The van der Waals surface area contributed by atoms with Crippen LogP contribution < -0.4 is 5.43 Å². The molecule has 0 aliphatic carbocycles. The van der Waals surface area contributed by atoms with E-state index in [4.69, 9.17) is 0 Å². The quantitative estimate of drug-likeness (QED) is 0.357. The summed E-state index contributed by atoms with van der Waals surface area (Å²) >= 11 is 1.26. The van der Waals surface area contributed by atoms with Gasteiger partial charge in [0.15, 0.2) is 0 Å². The number of carbonyl (C=O) groups excluding carboxylic acids is 1. The van der Waals surface area contributed by atoms with Gasteiger partial charge in [0, 0.05) is 17.0 Å². The van der Waals surface area contributed by atoms with Crippen LogP contribution in [0.1, 0.15) is 16.7 Å². The maximum atomic E-state index is 11.8. The van der Waals surface area contributed by atoms with Crippen LogP contribution in [0.5, 0.6) is 5.75 Å². The van der Waals surface area contributed by atoms with E-state index < -0.39 is 4.92 Å². The molecule has 0 saturated carbocycles. The molecule has 0 aromatic heterocycles. The summed E-state index contributed by atoms with van der Waals surface area (Å²) in [6, 6.07) is 9.53. The number of phenolic OH excluding ortho intramolecular Hbond substituents is 1. The Hall–Kier alpha value is -2.87. The average Bonchev–Trinajstić information content (AvgIpc) is 2.58. The zero-order valence-corrected chi connectivity index (χ0v) is 14.5. The van der Waals surface area contributed by atoms with E-state index in [0.717, 1.165) is 21.6 Å². The van der Waals surface area contributed by atoms with E-state index in [2.05, 4.69) is 10.5 Å². The summed E-state index contributed by atoms with van der Waals surface area (Å²) < 4.78 is 0. The van der Waals surface area contributed by atoms with Crippen LogP contribution in [-0.4, -0.2) is 27.9 Å². The second-order valence-corrected chi connectivity index (χ2v) is 6.38. The molecule has 0 spiro atoms. The van der Waals surface area contributed by atoms with Gasteiger partial charge in [-0.05, 0) is 54.8 Å². The number of hydrogen-bond acceptors (Lipinski definition) is 6. The number of hydrogen-bond donors (Lipinski definition) is 2. The maximum Gasteiger partial charge on any atom is 0.269 e. The van der Waals surface area contributed by atoms with Gasteiger partial charge in [0.1, 0.15) is 5.75 Å². The molecule has 0 unspecified atom stereocenters. The van der Waals surface area contributed by atoms with E-state index in [-0.39, 0.29) is 23.1 Å². The molecular formula is C17H17N3O4S. The molecule has 0 aliphatic heterocycles. The number of rotatable bonds is 6. The molecule has 0 fully saturated rings. The third-order valence-electron chi connectivity index (χ3n) is 3.33. The predicted molar refractivity (Wildman–Crippen MR) is 97.1 cm³/mol. The van der Waals surface area contributed by atoms with Crippen LogP contribution in [0.25, 0.3) is 0 Å². The minimum Gasteiger partial charge on any atom is -0.507 e. The summed E-state index contributed by atoms with van der Waals surface area (Å²) in [6.07, 6.45) is 1.51. The molecule has 0 radical (unpaired) electrons. The number of benzene rings is 2. The first-order valence-corrected chi connectivity index (χ1v) is 8.34. The van der Waals surface area contributed by atoms with Gasteiger partial charge in [-0.25, -0.2) is 5.43 Å². The molecular weight excluding hydrogens is 342 g/mol. The number of nitrogens with one attached hydrogen (secondary N) is 1. The number of thioether (sulfide) groups is 1. The summed E-state index contributed by atoms with van der Waals surface area (Å²) in [7, 11) is 0. The van der Waals surface area contributed by atoms with Gasteiger partial charge in [0.05, 0.1) is 16.9 Å². The highest BCUT2D eigenvalue weighted by Gasteiger charge is 2.06. The van der Waals surface area contributed by atoms with Crippen LogP contribution in [0.4, 0.5) is 5.69 Å². The first-order valence-electron chi connectivity index (χ1n) is 7.36. The Kier molecular flexibility index (Phi) is 6.13. The third-order valence-corrected chi connectivity index (χ3v) is 4.35. The molecule has 2 aromatic rings. The second-order valence-electron chi connectivity index (χ2n) is 5.34. The number of non-ortho nitro benzene ring substituents is 1. The number of aromatic hydroxyl groups is 1. The van der Waals surface area contributed by atoms with E-state index in [1.54, 1.807) is 38.1 Å². The van der Waals surface area contributed by atoms with Crippen molar-refractivity contribution in [1.82, 2.24) is 5.43 Å². The first kappa shape index (κ1) is 18.5. The molecule has 130 valence electrons. The van der Waals surface area contributed by atoms with Gasteiger partial charge in [-0.15, -0.1) is 11.8 Å². The largest absolute Gasteiger partial charge is 0.507 e. The normalized spacial score (nSPS) is 10.8. The molecule has 2 aromatic carbocycles. The molecule has 1 amide bonds. The first-order chi connectivity index (χ1) is 11.9. The minimum atomic E-state index is -0.470. The van der Waals surface area contributed by atoms with Crippen LogP contribution in [0.2, 0.25) is 0 Å². The van der Waals surface area contributed by atoms with Gasteiger partial charge in [0.25, 0.3) is 5.69 Å². The van der Waals surface area contributed by atoms with Crippen molar-refractivity contribution < 1.29 is 14.8 Å². The summed E-state index contributed by atoms with van der Waals surface area (Å²) in [5.41, 5.74) is 4.68. The lowest BCUT2D eigenvalue weighted by Gasteiger charge is -2.04. The van der Waals surface area contributed by atoms with Crippen molar-refractivity contribution in [3.63, 3.8) is 0 Å². The summed E-state index contributed by atoms with van der Waals surface area (Å²) in [4.78, 5) is 22.6.